The third-order valence-corrected chi connectivity index (χ3v) is 6.99. The number of aryl methyl sites for hydroxylation is 3. The summed E-state index contributed by atoms with van der Waals surface area (Å²) in [7, 11) is -3.76. The Morgan fingerprint density at radius 3 is 2.11 bits per heavy atom. The predicted octanol–water partition coefficient (Wildman–Crippen LogP) is 3.96. The molecule has 8 heteroatoms. The van der Waals surface area contributed by atoms with E-state index in [1.54, 1.807) is 0 Å². The Morgan fingerprint density at radius 1 is 1.00 bits per heavy atom. The summed E-state index contributed by atoms with van der Waals surface area (Å²) >= 11 is 0. The molecule has 2 aromatic rings. The van der Waals surface area contributed by atoms with Gasteiger partial charge in [0.2, 0.25) is 21.8 Å². The first-order valence-electron chi connectivity index (χ1n) is 12.0. The normalized spacial score (nSPS) is 12.3. The van der Waals surface area contributed by atoms with Crippen LogP contribution in [-0.4, -0.2) is 50.5 Å². The number of hydrogen-bond acceptors (Lipinski definition) is 4. The molecule has 0 saturated carbocycles. The van der Waals surface area contributed by atoms with Gasteiger partial charge in [-0.05, 0) is 49.8 Å². The van der Waals surface area contributed by atoms with Crippen LogP contribution < -0.4 is 9.62 Å². The lowest BCUT2D eigenvalue weighted by Crippen LogP contribution is -2.52. The van der Waals surface area contributed by atoms with Gasteiger partial charge in [0.25, 0.3) is 0 Å². The highest BCUT2D eigenvalue weighted by Crippen LogP contribution is 2.27. The summed E-state index contributed by atoms with van der Waals surface area (Å²) in [6.45, 7) is 11.8. The van der Waals surface area contributed by atoms with Crippen molar-refractivity contribution >= 4 is 27.5 Å². The van der Waals surface area contributed by atoms with Gasteiger partial charge in [0.15, 0.2) is 0 Å². The number of hydrogen-bond donors (Lipinski definition) is 1. The van der Waals surface area contributed by atoms with E-state index in [1.165, 1.54) is 4.90 Å². The Labute approximate surface area is 210 Å². The molecular formula is C27H39N3O4S. The number of nitrogens with zero attached hydrogens (tertiary/aromatic N) is 2. The van der Waals surface area contributed by atoms with Gasteiger partial charge in [-0.2, -0.15) is 0 Å². The van der Waals surface area contributed by atoms with Gasteiger partial charge >= 0.3 is 0 Å². The second-order valence-electron chi connectivity index (χ2n) is 9.58. The molecule has 192 valence electrons. The van der Waals surface area contributed by atoms with Crippen LogP contribution in [0.4, 0.5) is 5.69 Å². The third kappa shape index (κ3) is 7.82. The molecule has 0 aliphatic heterocycles. The fourth-order valence-corrected chi connectivity index (χ4v) is 5.09. The minimum absolute atomic E-state index is 0.207. The van der Waals surface area contributed by atoms with E-state index in [9.17, 15) is 18.0 Å². The van der Waals surface area contributed by atoms with Crippen molar-refractivity contribution in [3.05, 3.63) is 64.7 Å². The van der Waals surface area contributed by atoms with Crippen LogP contribution in [0.5, 0.6) is 0 Å². The molecule has 2 rings (SSSR count). The molecule has 0 unspecified atom stereocenters. The lowest BCUT2D eigenvalue weighted by atomic mass is 10.1. The van der Waals surface area contributed by atoms with Crippen LogP contribution >= 0.6 is 0 Å². The molecule has 0 fully saturated rings. The number of carbonyl (C=O) groups is 2. The number of carbonyl (C=O) groups excluding carboxylic acids is 2. The Morgan fingerprint density at radius 2 is 1.60 bits per heavy atom. The number of amides is 2. The van der Waals surface area contributed by atoms with E-state index in [-0.39, 0.29) is 24.9 Å². The molecule has 7 nitrogen and oxygen atoms in total. The summed E-state index contributed by atoms with van der Waals surface area (Å²) < 4.78 is 26.8. The van der Waals surface area contributed by atoms with Crippen LogP contribution in [0.1, 0.15) is 49.4 Å². The highest BCUT2D eigenvalue weighted by molar-refractivity contribution is 7.92. The van der Waals surface area contributed by atoms with Gasteiger partial charge in [0, 0.05) is 13.1 Å². The first kappa shape index (κ1) is 28.4. The molecule has 0 aliphatic carbocycles. The van der Waals surface area contributed by atoms with E-state index in [1.807, 2.05) is 84.0 Å². The van der Waals surface area contributed by atoms with Crippen LogP contribution in [-0.2, 0) is 26.2 Å². The zero-order chi connectivity index (χ0) is 26.3. The third-order valence-electron chi connectivity index (χ3n) is 5.87. The molecular weight excluding hydrogens is 462 g/mol. The maximum atomic E-state index is 13.8. The van der Waals surface area contributed by atoms with Gasteiger partial charge in [0.1, 0.15) is 12.6 Å². The predicted molar refractivity (Wildman–Crippen MR) is 142 cm³/mol. The average molecular weight is 502 g/mol. The van der Waals surface area contributed by atoms with Crippen molar-refractivity contribution in [2.75, 3.05) is 23.7 Å². The van der Waals surface area contributed by atoms with Crippen LogP contribution in [0.15, 0.2) is 42.5 Å². The highest BCUT2D eigenvalue weighted by atomic mass is 32.2. The minimum atomic E-state index is -3.76. The van der Waals surface area contributed by atoms with E-state index in [2.05, 4.69) is 5.32 Å². The molecule has 2 amide bonds. The van der Waals surface area contributed by atoms with Gasteiger partial charge < -0.3 is 10.2 Å². The maximum absolute atomic E-state index is 13.8. The van der Waals surface area contributed by atoms with E-state index in [4.69, 9.17) is 0 Å². The van der Waals surface area contributed by atoms with Crippen molar-refractivity contribution in [2.45, 2.75) is 60.5 Å². The number of anilines is 1. The fraction of sp³-hybridized carbons (Fsp3) is 0.481. The molecule has 1 N–H and O–H groups in total. The topological polar surface area (TPSA) is 86.8 Å². The van der Waals surface area contributed by atoms with Crippen LogP contribution in [0.3, 0.4) is 0 Å². The quantitative estimate of drug-likeness (QED) is 0.505. The largest absolute Gasteiger partial charge is 0.354 e. The van der Waals surface area contributed by atoms with Crippen LogP contribution in [0.2, 0.25) is 0 Å². The van der Waals surface area contributed by atoms with Gasteiger partial charge in [-0.25, -0.2) is 8.42 Å². The second-order valence-corrected chi connectivity index (χ2v) is 11.5. The number of rotatable bonds is 11. The fourth-order valence-electron chi connectivity index (χ4n) is 4.12. The van der Waals surface area contributed by atoms with Crippen molar-refractivity contribution < 1.29 is 18.0 Å². The van der Waals surface area contributed by atoms with E-state index in [0.717, 1.165) is 32.8 Å². The van der Waals surface area contributed by atoms with Crippen molar-refractivity contribution in [3.63, 3.8) is 0 Å². The Kier molecular flexibility index (Phi) is 9.89. The van der Waals surface area contributed by atoms with Gasteiger partial charge in [-0.15, -0.1) is 0 Å². The molecule has 35 heavy (non-hydrogen) atoms. The highest BCUT2D eigenvalue weighted by Gasteiger charge is 2.32. The Balaban J connectivity index is 2.48. The molecule has 0 aliphatic rings. The lowest BCUT2D eigenvalue weighted by molar-refractivity contribution is -0.140. The summed E-state index contributed by atoms with van der Waals surface area (Å²) in [5.74, 6) is -0.395. The van der Waals surface area contributed by atoms with E-state index < -0.39 is 22.0 Å². The molecule has 1 atom stereocenters. The molecule has 0 aromatic heterocycles. The van der Waals surface area contributed by atoms with Crippen LogP contribution in [0, 0.1) is 26.7 Å². The van der Waals surface area contributed by atoms with Crippen molar-refractivity contribution in [2.24, 2.45) is 5.92 Å². The van der Waals surface area contributed by atoms with Gasteiger partial charge in [-0.1, -0.05) is 68.8 Å². The molecule has 0 radical (unpaired) electrons. The smallest absolute Gasteiger partial charge is 0.244 e. The number of sulfonamides is 1. The van der Waals surface area contributed by atoms with Crippen molar-refractivity contribution in [1.29, 1.82) is 0 Å². The Bertz CT molecular complexity index is 1120. The zero-order valence-corrected chi connectivity index (χ0v) is 22.8. The summed E-state index contributed by atoms with van der Waals surface area (Å²) in [6.07, 6.45) is 1.51. The molecule has 0 bridgehead atoms. The monoisotopic (exact) mass is 501 g/mol. The number of para-hydroxylation sites is 1. The van der Waals surface area contributed by atoms with Gasteiger partial charge in [0.05, 0.1) is 11.9 Å². The second kappa shape index (κ2) is 12.2. The number of benzene rings is 2. The van der Waals surface area contributed by atoms with Crippen molar-refractivity contribution in [3.8, 4) is 0 Å². The van der Waals surface area contributed by atoms with Crippen LogP contribution in [0.25, 0.3) is 0 Å². The first-order chi connectivity index (χ1) is 16.3. The molecule has 0 saturated heterocycles. The minimum Gasteiger partial charge on any atom is -0.354 e. The standard InChI is InChI=1S/C27H39N3O4S/c1-8-24(27(32)28-16-19(2)3)29(17-23-14-9-11-20(4)15-23)25(31)18-30(35(7,33)34)26-21(5)12-10-13-22(26)6/h9-15,19,24H,8,16-18H2,1-7H3,(H,28,32)/t24-/m0/s1. The Hall–Kier alpha value is -2.87. The van der Waals surface area contributed by atoms with Crippen molar-refractivity contribution in [1.82, 2.24) is 10.2 Å². The molecule has 0 heterocycles. The number of nitrogens with one attached hydrogen (secondary N) is 1. The summed E-state index contributed by atoms with van der Waals surface area (Å²) in [5.41, 5.74) is 3.94. The zero-order valence-electron chi connectivity index (χ0n) is 22.0. The molecule has 2 aromatic carbocycles. The van der Waals surface area contributed by atoms with E-state index >= 15 is 0 Å². The van der Waals surface area contributed by atoms with E-state index in [0.29, 0.717) is 18.7 Å². The molecule has 0 spiro atoms. The maximum Gasteiger partial charge on any atom is 0.244 e. The average Bonchev–Trinajstić information content (AvgIpc) is 2.76. The summed E-state index contributed by atoms with van der Waals surface area (Å²) in [6, 6.07) is 12.5. The lowest BCUT2D eigenvalue weighted by Gasteiger charge is -2.33. The first-order valence-corrected chi connectivity index (χ1v) is 13.9. The SMILES string of the molecule is CC[C@@H](C(=O)NCC(C)C)N(Cc1cccc(C)c1)C(=O)CN(c1c(C)cccc1C)S(C)(=O)=O. The summed E-state index contributed by atoms with van der Waals surface area (Å²) in [5, 5.41) is 2.93. The van der Waals surface area contributed by atoms with Gasteiger partial charge in [-0.3, -0.25) is 13.9 Å². The summed E-state index contributed by atoms with van der Waals surface area (Å²) in [4.78, 5) is 28.4.